The number of aromatic amines is 1. The van der Waals surface area contributed by atoms with Gasteiger partial charge in [-0.1, -0.05) is 26.0 Å². The number of aryl methyl sites for hydroxylation is 1. The molecule has 0 saturated carbocycles. The molecule has 0 aliphatic rings. The van der Waals surface area contributed by atoms with E-state index in [0.717, 1.165) is 18.9 Å². The lowest BCUT2D eigenvalue weighted by Gasteiger charge is -2.25. The number of nitrogens with zero attached hydrogens (tertiary/aromatic N) is 1. The lowest BCUT2D eigenvalue weighted by Crippen LogP contribution is -2.43. The SMILES string of the molecule is CN=C(NCCc1c[nH]c2cccc(C)c12)NCC(C)(C)CCS(C)(=O)=O. The van der Waals surface area contributed by atoms with Crippen LogP contribution in [0.2, 0.25) is 0 Å². The fourth-order valence-electron chi connectivity index (χ4n) is 3.06. The number of rotatable bonds is 8. The van der Waals surface area contributed by atoms with Gasteiger partial charge < -0.3 is 15.6 Å². The standard InChI is InChI=1S/C20H32N4O2S/c1-15-7-6-8-17-18(15)16(13-23-17)9-11-22-19(21-4)24-14-20(2,3)10-12-27(5,25)26/h6-8,13,23H,9-12,14H2,1-5H3,(H2,21,22,24). The van der Waals surface area contributed by atoms with Crippen LogP contribution in [0.5, 0.6) is 0 Å². The van der Waals surface area contributed by atoms with Gasteiger partial charge in [0, 0.05) is 43.5 Å². The second-order valence-electron chi connectivity index (χ2n) is 7.96. The van der Waals surface area contributed by atoms with Crippen molar-refractivity contribution in [2.24, 2.45) is 10.4 Å². The van der Waals surface area contributed by atoms with Crippen LogP contribution in [0.25, 0.3) is 10.9 Å². The van der Waals surface area contributed by atoms with Crippen molar-refractivity contribution in [3.05, 3.63) is 35.5 Å². The first-order valence-corrected chi connectivity index (χ1v) is 11.4. The molecule has 0 amide bonds. The van der Waals surface area contributed by atoms with Crippen LogP contribution in [0.3, 0.4) is 0 Å². The van der Waals surface area contributed by atoms with Crippen molar-refractivity contribution in [3.8, 4) is 0 Å². The summed E-state index contributed by atoms with van der Waals surface area (Å²) in [5.41, 5.74) is 3.60. The Morgan fingerprint density at radius 1 is 1.26 bits per heavy atom. The molecular formula is C20H32N4O2S. The van der Waals surface area contributed by atoms with Gasteiger partial charge in [-0.3, -0.25) is 4.99 Å². The molecule has 0 aliphatic carbocycles. The summed E-state index contributed by atoms with van der Waals surface area (Å²) in [6.07, 6.45) is 4.86. The van der Waals surface area contributed by atoms with E-state index in [9.17, 15) is 8.42 Å². The average molecular weight is 393 g/mol. The molecule has 0 atom stereocenters. The largest absolute Gasteiger partial charge is 0.361 e. The van der Waals surface area contributed by atoms with Crippen LogP contribution in [-0.2, 0) is 16.3 Å². The number of aromatic nitrogens is 1. The normalized spacial score (nSPS) is 13.1. The van der Waals surface area contributed by atoms with E-state index in [4.69, 9.17) is 0 Å². The Kier molecular flexibility index (Phi) is 6.92. The number of benzene rings is 1. The summed E-state index contributed by atoms with van der Waals surface area (Å²) >= 11 is 0. The van der Waals surface area contributed by atoms with Gasteiger partial charge in [0.1, 0.15) is 9.84 Å². The minimum absolute atomic E-state index is 0.130. The number of hydrogen-bond donors (Lipinski definition) is 3. The number of fused-ring (bicyclic) bond motifs is 1. The Balaban J connectivity index is 1.85. The molecular weight excluding hydrogens is 360 g/mol. The number of aliphatic imine (C=N–C) groups is 1. The average Bonchev–Trinajstić information content (AvgIpc) is 3.00. The van der Waals surface area contributed by atoms with Crippen LogP contribution in [0.15, 0.2) is 29.4 Å². The van der Waals surface area contributed by atoms with Crippen molar-refractivity contribution in [1.29, 1.82) is 0 Å². The van der Waals surface area contributed by atoms with Crippen molar-refractivity contribution in [2.75, 3.05) is 32.1 Å². The first-order valence-electron chi connectivity index (χ1n) is 9.29. The van der Waals surface area contributed by atoms with Crippen molar-refractivity contribution in [1.82, 2.24) is 15.6 Å². The van der Waals surface area contributed by atoms with E-state index in [0.29, 0.717) is 13.0 Å². The maximum atomic E-state index is 11.4. The zero-order valence-electron chi connectivity index (χ0n) is 17.0. The molecule has 150 valence electrons. The molecule has 6 nitrogen and oxygen atoms in total. The minimum Gasteiger partial charge on any atom is -0.361 e. The van der Waals surface area contributed by atoms with Crippen LogP contribution >= 0.6 is 0 Å². The van der Waals surface area contributed by atoms with Crippen LogP contribution in [0, 0.1) is 12.3 Å². The predicted octanol–water partition coefficient (Wildman–Crippen LogP) is 2.64. The second kappa shape index (κ2) is 8.78. The topological polar surface area (TPSA) is 86.3 Å². The Hall–Kier alpha value is -2.02. The highest BCUT2D eigenvalue weighted by atomic mass is 32.2. The molecule has 7 heteroatoms. The molecule has 1 aromatic heterocycles. The summed E-state index contributed by atoms with van der Waals surface area (Å²) in [7, 11) is -1.19. The van der Waals surface area contributed by atoms with Gasteiger partial charge in [-0.05, 0) is 42.4 Å². The Bertz CT molecular complexity index is 898. The minimum atomic E-state index is -2.94. The van der Waals surface area contributed by atoms with E-state index in [1.54, 1.807) is 7.05 Å². The molecule has 0 aliphatic heterocycles. The third-order valence-electron chi connectivity index (χ3n) is 4.79. The van der Waals surface area contributed by atoms with Gasteiger partial charge in [-0.2, -0.15) is 0 Å². The molecule has 1 heterocycles. The second-order valence-corrected chi connectivity index (χ2v) is 10.2. The van der Waals surface area contributed by atoms with Crippen molar-refractivity contribution >= 4 is 26.7 Å². The number of H-pyrrole nitrogens is 1. The quantitative estimate of drug-likeness (QED) is 0.476. The van der Waals surface area contributed by atoms with Crippen LogP contribution in [0.1, 0.15) is 31.4 Å². The smallest absolute Gasteiger partial charge is 0.191 e. The summed E-state index contributed by atoms with van der Waals surface area (Å²) in [5, 5.41) is 7.95. The van der Waals surface area contributed by atoms with Gasteiger partial charge in [0.2, 0.25) is 0 Å². The molecule has 2 aromatic rings. The monoisotopic (exact) mass is 392 g/mol. The molecule has 3 N–H and O–H groups in total. The summed E-state index contributed by atoms with van der Waals surface area (Å²) in [5.74, 6) is 0.937. The molecule has 1 aromatic carbocycles. The third kappa shape index (κ3) is 6.57. The van der Waals surface area contributed by atoms with Crippen molar-refractivity contribution in [3.63, 3.8) is 0 Å². The number of nitrogens with one attached hydrogen (secondary N) is 3. The fraction of sp³-hybridized carbons (Fsp3) is 0.550. The molecule has 0 saturated heterocycles. The van der Waals surface area contributed by atoms with Gasteiger partial charge >= 0.3 is 0 Å². The zero-order chi connectivity index (χ0) is 20.1. The van der Waals surface area contributed by atoms with Crippen LogP contribution in [-0.4, -0.2) is 51.5 Å². The van der Waals surface area contributed by atoms with E-state index < -0.39 is 9.84 Å². The first kappa shape index (κ1) is 21.3. The van der Waals surface area contributed by atoms with Gasteiger partial charge in [0.05, 0.1) is 5.75 Å². The number of guanidine groups is 1. The molecule has 0 spiro atoms. The Labute approximate surface area is 162 Å². The molecule has 2 rings (SSSR count). The summed E-state index contributed by atoms with van der Waals surface area (Å²) in [4.78, 5) is 7.60. The summed E-state index contributed by atoms with van der Waals surface area (Å²) < 4.78 is 22.8. The van der Waals surface area contributed by atoms with E-state index >= 15 is 0 Å². The molecule has 0 radical (unpaired) electrons. The van der Waals surface area contributed by atoms with E-state index in [-0.39, 0.29) is 11.2 Å². The molecule has 0 bridgehead atoms. The van der Waals surface area contributed by atoms with E-state index in [1.807, 2.05) is 0 Å². The van der Waals surface area contributed by atoms with Gasteiger partial charge in [-0.25, -0.2) is 8.42 Å². The zero-order valence-corrected chi connectivity index (χ0v) is 17.8. The number of sulfone groups is 1. The first-order chi connectivity index (χ1) is 12.6. The fourth-order valence-corrected chi connectivity index (χ4v) is 3.98. The number of hydrogen-bond acceptors (Lipinski definition) is 3. The lowest BCUT2D eigenvalue weighted by atomic mass is 9.90. The highest BCUT2D eigenvalue weighted by Crippen LogP contribution is 2.22. The van der Waals surface area contributed by atoms with E-state index in [1.165, 1.54) is 28.3 Å². The van der Waals surface area contributed by atoms with Crippen LogP contribution in [0.4, 0.5) is 0 Å². The van der Waals surface area contributed by atoms with E-state index in [2.05, 4.69) is 65.8 Å². The summed E-state index contributed by atoms with van der Waals surface area (Å²) in [6.45, 7) is 7.69. The molecule has 0 fully saturated rings. The molecule has 0 unspecified atom stereocenters. The van der Waals surface area contributed by atoms with Crippen LogP contribution < -0.4 is 10.6 Å². The highest BCUT2D eigenvalue weighted by Gasteiger charge is 2.20. The maximum Gasteiger partial charge on any atom is 0.191 e. The highest BCUT2D eigenvalue weighted by molar-refractivity contribution is 7.90. The molecule has 27 heavy (non-hydrogen) atoms. The van der Waals surface area contributed by atoms with Crippen molar-refractivity contribution in [2.45, 2.75) is 33.6 Å². The summed E-state index contributed by atoms with van der Waals surface area (Å²) in [6, 6.07) is 6.29. The van der Waals surface area contributed by atoms with Gasteiger partial charge in [0.15, 0.2) is 5.96 Å². The van der Waals surface area contributed by atoms with Crippen molar-refractivity contribution < 1.29 is 8.42 Å². The van der Waals surface area contributed by atoms with Gasteiger partial charge in [0.25, 0.3) is 0 Å². The maximum absolute atomic E-state index is 11.4. The third-order valence-corrected chi connectivity index (χ3v) is 5.74. The Morgan fingerprint density at radius 2 is 2.00 bits per heavy atom. The predicted molar refractivity (Wildman–Crippen MR) is 114 cm³/mol. The lowest BCUT2D eigenvalue weighted by molar-refractivity contribution is 0.348. The van der Waals surface area contributed by atoms with Gasteiger partial charge in [-0.15, -0.1) is 0 Å². The Morgan fingerprint density at radius 3 is 2.67 bits per heavy atom.